The number of hydrogen-bond acceptors (Lipinski definition) is 7. The Morgan fingerprint density at radius 3 is 2.06 bits per heavy atom. The molecule has 0 saturated carbocycles. The van der Waals surface area contributed by atoms with Gasteiger partial charge >= 0.3 is 12.1 Å². The molecule has 0 aliphatic heterocycles. The van der Waals surface area contributed by atoms with Gasteiger partial charge in [-0.3, -0.25) is 0 Å². The lowest BCUT2D eigenvalue weighted by Gasteiger charge is -2.28. The smallest absolute Gasteiger partial charge is 0.408 e. The Morgan fingerprint density at radius 1 is 0.968 bits per heavy atom. The van der Waals surface area contributed by atoms with Crippen molar-refractivity contribution in [3.63, 3.8) is 0 Å². The molecule has 2 aromatic carbocycles. The quantitative estimate of drug-likeness (QED) is 0.509. The molecule has 0 radical (unpaired) electrons. The molecular weight excluding hydrogens is 422 g/mol. The number of rotatable bonds is 7. The second-order valence-corrected chi connectivity index (χ2v) is 9.41. The van der Waals surface area contributed by atoms with Gasteiger partial charge in [0.15, 0.2) is 6.10 Å². The van der Waals surface area contributed by atoms with E-state index in [9.17, 15) is 18.0 Å². The Morgan fingerprint density at radius 2 is 1.55 bits per heavy atom. The van der Waals surface area contributed by atoms with E-state index in [0.29, 0.717) is 5.56 Å². The summed E-state index contributed by atoms with van der Waals surface area (Å²) in [6, 6.07) is 13.1. The largest absolute Gasteiger partial charge is 0.467 e. The maximum atomic E-state index is 12.9. The molecule has 31 heavy (non-hydrogen) atoms. The van der Waals surface area contributed by atoms with Crippen LogP contribution in [0.2, 0.25) is 0 Å². The second-order valence-electron chi connectivity index (χ2n) is 7.84. The zero-order valence-electron chi connectivity index (χ0n) is 18.1. The van der Waals surface area contributed by atoms with E-state index in [0.717, 1.165) is 12.7 Å². The standard InChI is InChI=1S/C22H27NO7S/c1-15-11-13-17(14-12-15)31(26,27)30-19(20(24)28-5)18(16-9-7-6-8-10-16)23-21(25)29-22(2,3)4/h6-14,18-19H,1-5H3,(H,23,25). The van der Waals surface area contributed by atoms with Gasteiger partial charge in [-0.2, -0.15) is 8.42 Å². The number of alkyl carbamates (subject to hydrolysis) is 1. The highest BCUT2D eigenvalue weighted by molar-refractivity contribution is 7.86. The molecule has 2 unspecified atom stereocenters. The van der Waals surface area contributed by atoms with Gasteiger partial charge in [-0.05, 0) is 45.4 Å². The predicted molar refractivity (Wildman–Crippen MR) is 114 cm³/mol. The molecule has 9 heteroatoms. The van der Waals surface area contributed by atoms with Crippen LogP contribution in [0.1, 0.15) is 37.9 Å². The van der Waals surface area contributed by atoms with E-state index in [2.05, 4.69) is 5.32 Å². The van der Waals surface area contributed by atoms with E-state index in [1.165, 1.54) is 12.1 Å². The van der Waals surface area contributed by atoms with Gasteiger partial charge in [-0.15, -0.1) is 0 Å². The van der Waals surface area contributed by atoms with Gasteiger partial charge < -0.3 is 14.8 Å². The Balaban J connectivity index is 2.44. The molecule has 0 bridgehead atoms. The second kappa shape index (κ2) is 9.93. The Kier molecular flexibility index (Phi) is 7.80. The molecule has 8 nitrogen and oxygen atoms in total. The summed E-state index contributed by atoms with van der Waals surface area (Å²) in [5, 5.41) is 2.54. The van der Waals surface area contributed by atoms with Gasteiger partial charge in [0.1, 0.15) is 5.60 Å². The van der Waals surface area contributed by atoms with E-state index in [4.69, 9.17) is 13.7 Å². The molecule has 2 aromatic rings. The van der Waals surface area contributed by atoms with Crippen LogP contribution in [0.5, 0.6) is 0 Å². The van der Waals surface area contributed by atoms with E-state index in [1.54, 1.807) is 63.2 Å². The number of aryl methyl sites for hydroxylation is 1. The molecule has 0 aliphatic carbocycles. The Labute approximate surface area is 182 Å². The molecule has 0 heterocycles. The lowest BCUT2D eigenvalue weighted by Crippen LogP contribution is -2.45. The summed E-state index contributed by atoms with van der Waals surface area (Å²) in [6.45, 7) is 6.85. The number of carbonyl (C=O) groups is 2. The molecule has 0 spiro atoms. The molecule has 168 valence electrons. The van der Waals surface area contributed by atoms with Crippen LogP contribution in [0.3, 0.4) is 0 Å². The summed E-state index contributed by atoms with van der Waals surface area (Å²) in [5.74, 6) is -0.972. The third-order valence-electron chi connectivity index (χ3n) is 4.11. The van der Waals surface area contributed by atoms with Crippen LogP contribution in [0.25, 0.3) is 0 Å². The molecule has 2 rings (SSSR count). The van der Waals surface area contributed by atoms with Crippen molar-refractivity contribution in [1.82, 2.24) is 5.32 Å². The first kappa shape index (κ1) is 24.4. The third kappa shape index (κ3) is 7.08. The maximum absolute atomic E-state index is 12.9. The highest BCUT2D eigenvalue weighted by atomic mass is 32.2. The average Bonchev–Trinajstić information content (AvgIpc) is 2.69. The molecule has 2 atom stereocenters. The first-order valence-electron chi connectivity index (χ1n) is 9.55. The van der Waals surface area contributed by atoms with Gasteiger partial charge in [0.2, 0.25) is 0 Å². The number of nitrogens with one attached hydrogen (secondary N) is 1. The summed E-state index contributed by atoms with van der Waals surface area (Å²) in [7, 11) is -3.24. The molecular formula is C22H27NO7S. The minimum Gasteiger partial charge on any atom is -0.467 e. The van der Waals surface area contributed by atoms with Crippen molar-refractivity contribution in [2.24, 2.45) is 0 Å². The van der Waals surface area contributed by atoms with Gasteiger partial charge in [0.25, 0.3) is 10.1 Å². The lowest BCUT2D eigenvalue weighted by atomic mass is 10.0. The zero-order chi connectivity index (χ0) is 23.2. The van der Waals surface area contributed by atoms with Crippen molar-refractivity contribution < 1.29 is 31.7 Å². The topological polar surface area (TPSA) is 108 Å². The highest BCUT2D eigenvalue weighted by Crippen LogP contribution is 2.25. The van der Waals surface area contributed by atoms with Crippen molar-refractivity contribution in [3.05, 3.63) is 65.7 Å². The van der Waals surface area contributed by atoms with Crippen molar-refractivity contribution in [3.8, 4) is 0 Å². The first-order valence-corrected chi connectivity index (χ1v) is 11.0. The minimum absolute atomic E-state index is 0.129. The first-order chi connectivity index (χ1) is 14.4. The molecule has 1 N–H and O–H groups in total. The monoisotopic (exact) mass is 449 g/mol. The molecule has 0 fully saturated rings. The molecule has 1 amide bonds. The average molecular weight is 450 g/mol. The number of esters is 1. The summed E-state index contributed by atoms with van der Waals surface area (Å²) in [5.41, 5.74) is 0.487. The van der Waals surface area contributed by atoms with E-state index >= 15 is 0 Å². The zero-order valence-corrected chi connectivity index (χ0v) is 18.9. The fourth-order valence-corrected chi connectivity index (χ4v) is 3.72. The summed E-state index contributed by atoms with van der Waals surface area (Å²) >= 11 is 0. The Hall–Kier alpha value is -2.91. The number of carbonyl (C=O) groups excluding carboxylic acids is 2. The summed E-state index contributed by atoms with van der Waals surface area (Å²) < 4.78 is 41.0. The van der Waals surface area contributed by atoms with Gasteiger partial charge in [-0.25, -0.2) is 13.8 Å². The van der Waals surface area contributed by atoms with E-state index in [-0.39, 0.29) is 4.90 Å². The number of methoxy groups -OCH3 is 1. The number of amides is 1. The SMILES string of the molecule is COC(=O)C(OS(=O)(=O)c1ccc(C)cc1)C(NC(=O)OC(C)(C)C)c1ccccc1. The molecule has 0 saturated heterocycles. The molecule has 0 aromatic heterocycles. The van der Waals surface area contributed by atoms with Crippen molar-refractivity contribution >= 4 is 22.2 Å². The predicted octanol–water partition coefficient (Wildman–Crippen LogP) is 3.51. The Bertz CT molecular complexity index is 996. The van der Waals surface area contributed by atoms with Crippen LogP contribution in [-0.2, 0) is 28.6 Å². The van der Waals surface area contributed by atoms with Gasteiger partial charge in [-0.1, -0.05) is 48.0 Å². The van der Waals surface area contributed by atoms with E-state index < -0.39 is 39.9 Å². The van der Waals surface area contributed by atoms with Crippen LogP contribution < -0.4 is 5.32 Å². The minimum atomic E-state index is -4.35. The number of ether oxygens (including phenoxy) is 2. The van der Waals surface area contributed by atoms with Crippen LogP contribution in [0.15, 0.2) is 59.5 Å². The summed E-state index contributed by atoms with van der Waals surface area (Å²) in [6.07, 6.45) is -2.53. The van der Waals surface area contributed by atoms with Crippen molar-refractivity contribution in [2.45, 2.75) is 50.3 Å². The lowest BCUT2D eigenvalue weighted by molar-refractivity contribution is -0.150. The normalized spacial score (nSPS) is 13.7. The summed E-state index contributed by atoms with van der Waals surface area (Å²) in [4.78, 5) is 24.9. The van der Waals surface area contributed by atoms with E-state index in [1.807, 2.05) is 6.92 Å². The fraction of sp³-hybridized carbons (Fsp3) is 0.364. The van der Waals surface area contributed by atoms with Gasteiger partial charge in [0, 0.05) is 0 Å². The van der Waals surface area contributed by atoms with Crippen molar-refractivity contribution in [1.29, 1.82) is 0 Å². The van der Waals surface area contributed by atoms with Crippen LogP contribution in [-0.4, -0.2) is 39.3 Å². The van der Waals surface area contributed by atoms with Gasteiger partial charge in [0.05, 0.1) is 18.0 Å². The fourth-order valence-electron chi connectivity index (χ4n) is 2.67. The van der Waals surface area contributed by atoms with Crippen LogP contribution >= 0.6 is 0 Å². The highest BCUT2D eigenvalue weighted by Gasteiger charge is 2.38. The molecule has 0 aliphatic rings. The maximum Gasteiger partial charge on any atom is 0.408 e. The number of benzene rings is 2. The number of hydrogen-bond donors (Lipinski definition) is 1. The third-order valence-corrected chi connectivity index (χ3v) is 5.42. The van der Waals surface area contributed by atoms with Crippen LogP contribution in [0, 0.1) is 6.92 Å². The van der Waals surface area contributed by atoms with Crippen LogP contribution in [0.4, 0.5) is 4.79 Å². The van der Waals surface area contributed by atoms with Crippen molar-refractivity contribution in [2.75, 3.05) is 7.11 Å².